The minimum Gasteiger partial charge on any atom is -0.462 e. The maximum absolute atomic E-state index is 12.6. The Morgan fingerprint density at radius 2 is 1.65 bits per heavy atom. The number of ether oxygens (including phenoxy) is 1. The molecule has 1 heterocycles. The zero-order valence-corrected chi connectivity index (χ0v) is 20.0. The van der Waals surface area contributed by atoms with Gasteiger partial charge >= 0.3 is 5.97 Å². The number of esters is 1. The van der Waals surface area contributed by atoms with E-state index in [0.29, 0.717) is 27.5 Å². The lowest BCUT2D eigenvalue weighted by Gasteiger charge is -2.09. The molecule has 0 aliphatic carbocycles. The van der Waals surface area contributed by atoms with Crippen molar-refractivity contribution in [3.63, 3.8) is 0 Å². The van der Waals surface area contributed by atoms with E-state index in [-0.39, 0.29) is 11.5 Å². The highest BCUT2D eigenvalue weighted by molar-refractivity contribution is 7.92. The van der Waals surface area contributed by atoms with Crippen LogP contribution >= 0.6 is 11.3 Å². The molecule has 0 unspecified atom stereocenters. The summed E-state index contributed by atoms with van der Waals surface area (Å²) in [6.07, 6.45) is 0. The Labute approximate surface area is 200 Å². The number of sulfonamides is 1. The van der Waals surface area contributed by atoms with Crippen LogP contribution < -0.4 is 10.0 Å². The molecule has 0 aliphatic heterocycles. The Hall–Kier alpha value is -3.76. The summed E-state index contributed by atoms with van der Waals surface area (Å²) in [6, 6.07) is 17.6. The summed E-state index contributed by atoms with van der Waals surface area (Å²) in [5.74, 6) is -0.806. The zero-order valence-electron chi connectivity index (χ0n) is 18.4. The first-order chi connectivity index (χ1) is 16.2. The van der Waals surface area contributed by atoms with Crippen molar-refractivity contribution >= 4 is 54.3 Å². The minimum absolute atomic E-state index is 0.155. The number of nitrogens with zero attached hydrogens (tertiary/aromatic N) is 1. The van der Waals surface area contributed by atoms with Gasteiger partial charge in [-0.25, -0.2) is 18.2 Å². The molecule has 3 aromatic carbocycles. The lowest BCUT2D eigenvalue weighted by molar-refractivity contribution is 0.0526. The number of hydrogen-bond donors (Lipinski definition) is 2. The molecule has 10 heteroatoms. The second-order valence-corrected chi connectivity index (χ2v) is 10.1. The molecule has 1 amide bonds. The van der Waals surface area contributed by atoms with Crippen molar-refractivity contribution in [3.05, 3.63) is 83.4 Å². The van der Waals surface area contributed by atoms with Gasteiger partial charge in [-0.15, -0.1) is 0 Å². The van der Waals surface area contributed by atoms with E-state index >= 15 is 0 Å². The molecule has 0 saturated carbocycles. The summed E-state index contributed by atoms with van der Waals surface area (Å²) < 4.78 is 33.3. The van der Waals surface area contributed by atoms with Crippen LogP contribution in [-0.2, 0) is 14.8 Å². The van der Waals surface area contributed by atoms with Gasteiger partial charge in [0.1, 0.15) is 0 Å². The van der Waals surface area contributed by atoms with Crippen molar-refractivity contribution < 1.29 is 22.7 Å². The Morgan fingerprint density at radius 3 is 2.32 bits per heavy atom. The Bertz CT molecular complexity index is 1460. The first-order valence-electron chi connectivity index (χ1n) is 10.3. The second kappa shape index (κ2) is 9.62. The maximum Gasteiger partial charge on any atom is 0.338 e. The Kier molecular flexibility index (Phi) is 6.62. The number of amides is 1. The van der Waals surface area contributed by atoms with E-state index in [0.717, 1.165) is 10.3 Å². The average molecular weight is 496 g/mol. The molecule has 0 fully saturated rings. The van der Waals surface area contributed by atoms with Crippen LogP contribution in [0.1, 0.15) is 33.2 Å². The fraction of sp³-hybridized carbons (Fsp3) is 0.125. The fourth-order valence-corrected chi connectivity index (χ4v) is 5.07. The molecule has 1 aromatic heterocycles. The molecular weight excluding hydrogens is 474 g/mol. The first kappa shape index (κ1) is 23.4. The van der Waals surface area contributed by atoms with Crippen LogP contribution in [0.4, 0.5) is 10.8 Å². The van der Waals surface area contributed by atoms with Gasteiger partial charge in [-0.2, -0.15) is 0 Å². The molecular formula is C24H21N3O5S2. The van der Waals surface area contributed by atoms with Crippen LogP contribution in [0.3, 0.4) is 0 Å². The number of benzene rings is 3. The SMILES string of the molecule is CCOC(=O)c1ccc2nc(NC(=O)c3ccc(NS(=O)(=O)c4ccc(C)cc4)cc3)sc2c1. The lowest BCUT2D eigenvalue weighted by atomic mass is 10.2. The van der Waals surface area contributed by atoms with Crippen molar-refractivity contribution in [2.24, 2.45) is 0 Å². The van der Waals surface area contributed by atoms with Crippen molar-refractivity contribution in [1.82, 2.24) is 4.98 Å². The van der Waals surface area contributed by atoms with Crippen LogP contribution in [0, 0.1) is 6.92 Å². The molecule has 0 atom stereocenters. The van der Waals surface area contributed by atoms with Crippen LogP contribution in [0.2, 0.25) is 0 Å². The number of anilines is 2. The standard InChI is InChI=1S/C24H21N3O5S2/c1-3-32-23(29)17-8-13-20-21(14-17)33-24(25-20)26-22(28)16-6-9-18(10-7-16)27-34(30,31)19-11-4-15(2)5-12-19/h4-14,27H,3H2,1-2H3,(H,25,26,28). The second-order valence-electron chi connectivity index (χ2n) is 7.37. The molecule has 2 N–H and O–H groups in total. The molecule has 34 heavy (non-hydrogen) atoms. The lowest BCUT2D eigenvalue weighted by Crippen LogP contribution is -2.14. The zero-order chi connectivity index (χ0) is 24.3. The summed E-state index contributed by atoms with van der Waals surface area (Å²) in [5, 5.41) is 3.11. The summed E-state index contributed by atoms with van der Waals surface area (Å²) in [5.41, 5.74) is 2.70. The van der Waals surface area contributed by atoms with E-state index in [4.69, 9.17) is 4.74 Å². The van der Waals surface area contributed by atoms with Gasteiger partial charge in [-0.05, 0) is 68.4 Å². The van der Waals surface area contributed by atoms with Gasteiger partial charge in [0.2, 0.25) is 0 Å². The van der Waals surface area contributed by atoms with Gasteiger partial charge in [-0.1, -0.05) is 29.0 Å². The topological polar surface area (TPSA) is 114 Å². The number of hydrogen-bond acceptors (Lipinski definition) is 7. The highest BCUT2D eigenvalue weighted by atomic mass is 32.2. The third-order valence-electron chi connectivity index (χ3n) is 4.85. The predicted octanol–water partition coefficient (Wildman–Crippen LogP) is 4.83. The minimum atomic E-state index is -3.73. The van der Waals surface area contributed by atoms with Gasteiger partial charge in [0.15, 0.2) is 5.13 Å². The molecule has 4 aromatic rings. The smallest absolute Gasteiger partial charge is 0.338 e. The van der Waals surface area contributed by atoms with Crippen LogP contribution in [-0.4, -0.2) is 31.9 Å². The van der Waals surface area contributed by atoms with Gasteiger partial charge in [0.05, 0.1) is 27.3 Å². The fourth-order valence-electron chi connectivity index (χ4n) is 3.11. The van der Waals surface area contributed by atoms with Crippen molar-refractivity contribution in [2.45, 2.75) is 18.7 Å². The van der Waals surface area contributed by atoms with E-state index in [2.05, 4.69) is 15.0 Å². The van der Waals surface area contributed by atoms with Crippen molar-refractivity contribution in [1.29, 1.82) is 0 Å². The van der Waals surface area contributed by atoms with Crippen molar-refractivity contribution in [3.8, 4) is 0 Å². The van der Waals surface area contributed by atoms with E-state index in [1.165, 1.54) is 47.7 Å². The molecule has 174 valence electrons. The molecule has 0 radical (unpaired) electrons. The largest absolute Gasteiger partial charge is 0.462 e. The van der Waals surface area contributed by atoms with E-state index in [9.17, 15) is 18.0 Å². The first-order valence-corrected chi connectivity index (χ1v) is 12.6. The summed E-state index contributed by atoms with van der Waals surface area (Å²) in [7, 11) is -3.73. The highest BCUT2D eigenvalue weighted by Gasteiger charge is 2.15. The third-order valence-corrected chi connectivity index (χ3v) is 7.18. The molecule has 0 bridgehead atoms. The summed E-state index contributed by atoms with van der Waals surface area (Å²) in [6.45, 7) is 3.90. The Balaban J connectivity index is 1.45. The van der Waals surface area contributed by atoms with E-state index in [1.54, 1.807) is 37.3 Å². The van der Waals surface area contributed by atoms with Crippen LogP contribution in [0.15, 0.2) is 71.6 Å². The number of fused-ring (bicyclic) bond motifs is 1. The Morgan fingerprint density at radius 1 is 0.971 bits per heavy atom. The number of aryl methyl sites for hydroxylation is 1. The molecule has 4 rings (SSSR count). The van der Waals surface area contributed by atoms with E-state index < -0.39 is 21.9 Å². The predicted molar refractivity (Wildman–Crippen MR) is 132 cm³/mol. The van der Waals surface area contributed by atoms with Crippen molar-refractivity contribution in [2.75, 3.05) is 16.6 Å². The quantitative estimate of drug-likeness (QED) is 0.355. The van der Waals surface area contributed by atoms with Gasteiger partial charge in [-0.3, -0.25) is 14.8 Å². The number of carbonyl (C=O) groups excluding carboxylic acids is 2. The van der Waals surface area contributed by atoms with Gasteiger partial charge in [0, 0.05) is 11.3 Å². The molecule has 0 spiro atoms. The number of thiazole rings is 1. The summed E-state index contributed by atoms with van der Waals surface area (Å²) >= 11 is 1.24. The molecule has 8 nitrogen and oxygen atoms in total. The number of rotatable bonds is 7. The molecule has 0 saturated heterocycles. The van der Waals surface area contributed by atoms with Gasteiger partial charge < -0.3 is 4.74 Å². The van der Waals surface area contributed by atoms with E-state index in [1.807, 2.05) is 6.92 Å². The molecule has 0 aliphatic rings. The number of aromatic nitrogens is 1. The number of nitrogens with one attached hydrogen (secondary N) is 2. The third kappa shape index (κ3) is 5.24. The van der Waals surface area contributed by atoms with Crippen LogP contribution in [0.25, 0.3) is 10.2 Å². The number of carbonyl (C=O) groups is 2. The average Bonchev–Trinajstić information content (AvgIpc) is 3.21. The normalized spacial score (nSPS) is 11.2. The maximum atomic E-state index is 12.6. The summed E-state index contributed by atoms with van der Waals surface area (Å²) in [4.78, 5) is 29.1. The van der Waals surface area contributed by atoms with Crippen LogP contribution in [0.5, 0.6) is 0 Å². The highest BCUT2D eigenvalue weighted by Crippen LogP contribution is 2.27. The van der Waals surface area contributed by atoms with Gasteiger partial charge in [0.25, 0.3) is 15.9 Å². The monoisotopic (exact) mass is 495 g/mol.